The Labute approximate surface area is 142 Å². The van der Waals surface area contributed by atoms with Crippen LogP contribution in [-0.4, -0.2) is 29.4 Å². The Bertz CT molecular complexity index is 671. The molecular formula is C20H24FNO2. The van der Waals surface area contributed by atoms with Crippen molar-refractivity contribution in [2.24, 2.45) is 0 Å². The first-order valence-corrected chi connectivity index (χ1v) is 8.36. The Balaban J connectivity index is 1.86. The van der Waals surface area contributed by atoms with Crippen LogP contribution in [0.25, 0.3) is 0 Å². The van der Waals surface area contributed by atoms with Gasteiger partial charge in [-0.15, -0.1) is 0 Å². The van der Waals surface area contributed by atoms with Gasteiger partial charge in [0.2, 0.25) is 0 Å². The third-order valence-corrected chi connectivity index (χ3v) is 5.19. The smallest absolute Gasteiger partial charge is 0.125 e. The van der Waals surface area contributed by atoms with E-state index in [2.05, 4.69) is 11.8 Å². The number of aromatic hydroxyl groups is 1. The summed E-state index contributed by atoms with van der Waals surface area (Å²) in [7, 11) is 1.74. The molecular weight excluding hydrogens is 305 g/mol. The van der Waals surface area contributed by atoms with Crippen LogP contribution in [0.3, 0.4) is 0 Å². The zero-order valence-corrected chi connectivity index (χ0v) is 14.2. The maximum absolute atomic E-state index is 13.3. The molecule has 2 aromatic carbocycles. The molecule has 128 valence electrons. The van der Waals surface area contributed by atoms with Crippen LogP contribution in [0.4, 0.5) is 4.39 Å². The summed E-state index contributed by atoms with van der Waals surface area (Å²) in [6.45, 7) is 3.81. The Kier molecular flexibility index (Phi) is 4.88. The fraction of sp³-hybridized carbons (Fsp3) is 0.400. The molecule has 0 amide bonds. The van der Waals surface area contributed by atoms with Gasteiger partial charge in [0, 0.05) is 26.1 Å². The number of phenols is 1. The second-order valence-electron chi connectivity index (χ2n) is 6.59. The molecule has 2 unspecified atom stereocenters. The minimum Gasteiger partial charge on any atom is -0.508 e. The van der Waals surface area contributed by atoms with Crippen molar-refractivity contribution in [2.45, 2.75) is 38.0 Å². The molecule has 1 N–H and O–H groups in total. The first kappa shape index (κ1) is 16.9. The molecule has 3 rings (SSSR count). The highest BCUT2D eigenvalue weighted by molar-refractivity contribution is 5.27. The molecule has 0 bridgehead atoms. The van der Waals surface area contributed by atoms with Gasteiger partial charge in [0.15, 0.2) is 0 Å². The predicted molar refractivity (Wildman–Crippen MR) is 92.3 cm³/mol. The van der Waals surface area contributed by atoms with Crippen molar-refractivity contribution in [3.05, 3.63) is 65.5 Å². The number of halogens is 1. The lowest BCUT2D eigenvalue weighted by atomic mass is 9.81. The minimum absolute atomic E-state index is 0.189. The summed E-state index contributed by atoms with van der Waals surface area (Å²) in [5, 5.41) is 9.46. The molecule has 0 radical (unpaired) electrons. The molecule has 1 aliphatic heterocycles. The van der Waals surface area contributed by atoms with E-state index in [4.69, 9.17) is 4.74 Å². The van der Waals surface area contributed by atoms with E-state index in [0.29, 0.717) is 0 Å². The molecule has 0 aliphatic carbocycles. The SMILES string of the molecule is COC1(C)C(c2ccc(F)cc2)CCCN1Cc1ccc(O)cc1. The Morgan fingerprint density at radius 1 is 1.17 bits per heavy atom. The van der Waals surface area contributed by atoms with Crippen LogP contribution < -0.4 is 0 Å². The van der Waals surface area contributed by atoms with Crippen LogP contribution in [0.1, 0.15) is 36.8 Å². The summed E-state index contributed by atoms with van der Waals surface area (Å²) >= 11 is 0. The van der Waals surface area contributed by atoms with Gasteiger partial charge in [-0.05, 0) is 55.2 Å². The second kappa shape index (κ2) is 6.91. The van der Waals surface area contributed by atoms with Gasteiger partial charge < -0.3 is 9.84 Å². The van der Waals surface area contributed by atoms with Gasteiger partial charge in [-0.25, -0.2) is 4.39 Å². The van der Waals surface area contributed by atoms with Crippen molar-refractivity contribution in [1.29, 1.82) is 0 Å². The summed E-state index contributed by atoms with van der Waals surface area (Å²) in [6.07, 6.45) is 2.08. The number of benzene rings is 2. The summed E-state index contributed by atoms with van der Waals surface area (Å²) < 4.78 is 19.2. The van der Waals surface area contributed by atoms with Crippen LogP contribution in [0.5, 0.6) is 5.75 Å². The van der Waals surface area contributed by atoms with Crippen LogP contribution >= 0.6 is 0 Å². The molecule has 3 nitrogen and oxygen atoms in total. The monoisotopic (exact) mass is 329 g/mol. The number of rotatable bonds is 4. The van der Waals surface area contributed by atoms with E-state index in [0.717, 1.165) is 37.1 Å². The third kappa shape index (κ3) is 3.30. The maximum Gasteiger partial charge on any atom is 0.125 e. The van der Waals surface area contributed by atoms with Crippen molar-refractivity contribution < 1.29 is 14.2 Å². The van der Waals surface area contributed by atoms with Crippen molar-refractivity contribution in [1.82, 2.24) is 4.90 Å². The topological polar surface area (TPSA) is 32.7 Å². The standard InChI is InChI=1S/C20H24FNO2/c1-20(24-2)19(16-7-9-17(21)10-8-16)4-3-13-22(20)14-15-5-11-18(23)12-6-15/h5-12,19,23H,3-4,13-14H2,1-2H3. The van der Waals surface area contributed by atoms with E-state index < -0.39 is 5.72 Å². The van der Waals surface area contributed by atoms with E-state index in [9.17, 15) is 9.50 Å². The van der Waals surface area contributed by atoms with Crippen molar-refractivity contribution in [3.8, 4) is 5.75 Å². The summed E-state index contributed by atoms with van der Waals surface area (Å²) in [5.74, 6) is 0.250. The van der Waals surface area contributed by atoms with Crippen LogP contribution in [0.2, 0.25) is 0 Å². The first-order chi connectivity index (χ1) is 11.5. The number of piperidine rings is 1. The zero-order valence-electron chi connectivity index (χ0n) is 14.2. The molecule has 0 saturated carbocycles. The number of likely N-dealkylation sites (tertiary alicyclic amines) is 1. The van der Waals surface area contributed by atoms with E-state index in [1.807, 2.05) is 24.3 Å². The highest BCUT2D eigenvalue weighted by Gasteiger charge is 2.43. The molecule has 0 aromatic heterocycles. The predicted octanol–water partition coefficient (Wildman–Crippen LogP) is 4.27. The lowest BCUT2D eigenvalue weighted by molar-refractivity contribution is -0.162. The van der Waals surface area contributed by atoms with Gasteiger partial charge >= 0.3 is 0 Å². The molecule has 1 fully saturated rings. The number of phenolic OH excluding ortho intramolecular Hbond substituents is 1. The maximum atomic E-state index is 13.3. The largest absolute Gasteiger partial charge is 0.508 e. The number of ether oxygens (including phenoxy) is 1. The first-order valence-electron chi connectivity index (χ1n) is 8.36. The summed E-state index contributed by atoms with van der Waals surface area (Å²) in [5.41, 5.74) is 1.79. The molecule has 2 atom stereocenters. The van der Waals surface area contributed by atoms with E-state index in [-0.39, 0.29) is 17.5 Å². The Hall–Kier alpha value is -1.91. The molecule has 1 aliphatic rings. The molecule has 4 heteroatoms. The van der Waals surface area contributed by atoms with Crippen LogP contribution in [-0.2, 0) is 11.3 Å². The highest BCUT2D eigenvalue weighted by Crippen LogP contribution is 2.42. The van der Waals surface area contributed by atoms with Gasteiger partial charge in [-0.1, -0.05) is 24.3 Å². The zero-order chi connectivity index (χ0) is 17.2. The number of nitrogens with zero attached hydrogens (tertiary/aromatic N) is 1. The van der Waals surface area contributed by atoms with E-state index in [1.165, 1.54) is 12.1 Å². The van der Waals surface area contributed by atoms with Crippen molar-refractivity contribution in [2.75, 3.05) is 13.7 Å². The van der Waals surface area contributed by atoms with E-state index in [1.54, 1.807) is 19.2 Å². The van der Waals surface area contributed by atoms with Crippen molar-refractivity contribution in [3.63, 3.8) is 0 Å². The molecule has 2 aromatic rings. The Morgan fingerprint density at radius 3 is 2.46 bits per heavy atom. The quantitative estimate of drug-likeness (QED) is 0.909. The van der Waals surface area contributed by atoms with Gasteiger partial charge in [-0.2, -0.15) is 0 Å². The molecule has 0 spiro atoms. The Morgan fingerprint density at radius 2 is 1.83 bits per heavy atom. The van der Waals surface area contributed by atoms with Crippen LogP contribution in [0.15, 0.2) is 48.5 Å². The number of hydrogen-bond donors (Lipinski definition) is 1. The lowest BCUT2D eigenvalue weighted by Gasteiger charge is -2.49. The summed E-state index contributed by atoms with van der Waals surface area (Å²) in [6, 6.07) is 14.1. The normalized spacial score (nSPS) is 24.9. The highest BCUT2D eigenvalue weighted by atomic mass is 19.1. The van der Waals surface area contributed by atoms with Gasteiger partial charge in [0.25, 0.3) is 0 Å². The van der Waals surface area contributed by atoms with Gasteiger partial charge in [0.05, 0.1) is 0 Å². The lowest BCUT2D eigenvalue weighted by Crippen LogP contribution is -2.54. The molecule has 24 heavy (non-hydrogen) atoms. The number of hydrogen-bond acceptors (Lipinski definition) is 3. The molecule has 1 heterocycles. The van der Waals surface area contributed by atoms with Gasteiger partial charge in [0.1, 0.15) is 17.3 Å². The molecule has 1 saturated heterocycles. The summed E-state index contributed by atoms with van der Waals surface area (Å²) in [4.78, 5) is 2.33. The van der Waals surface area contributed by atoms with Gasteiger partial charge in [-0.3, -0.25) is 4.90 Å². The average Bonchev–Trinajstić information content (AvgIpc) is 2.59. The van der Waals surface area contributed by atoms with E-state index >= 15 is 0 Å². The fourth-order valence-electron chi connectivity index (χ4n) is 3.70. The minimum atomic E-state index is -0.450. The van der Waals surface area contributed by atoms with Crippen LogP contribution in [0, 0.1) is 5.82 Å². The number of methoxy groups -OCH3 is 1. The average molecular weight is 329 g/mol. The third-order valence-electron chi connectivity index (χ3n) is 5.19. The second-order valence-corrected chi connectivity index (χ2v) is 6.59. The fourth-order valence-corrected chi connectivity index (χ4v) is 3.70. The van der Waals surface area contributed by atoms with Crippen molar-refractivity contribution >= 4 is 0 Å².